The summed E-state index contributed by atoms with van der Waals surface area (Å²) in [6.07, 6.45) is 1.49. The third-order valence-corrected chi connectivity index (χ3v) is 3.82. The zero-order valence-electron chi connectivity index (χ0n) is 10.1. The highest BCUT2D eigenvalue weighted by Gasteiger charge is 2.34. The number of imide groups is 1. The summed E-state index contributed by atoms with van der Waals surface area (Å²) >= 11 is 4.02. The van der Waals surface area contributed by atoms with E-state index in [0.29, 0.717) is 17.4 Å². The standard InChI is InChI=1S/C12H9BrN2O4S/c13-4-5-14-11(16)10(20-12(14)17)7-8-2-1-3-9(6-8)15(18)19/h1-3,6-7H,4-5H2. The molecule has 0 aromatic heterocycles. The number of amides is 2. The van der Waals surface area contributed by atoms with Crippen molar-refractivity contribution >= 4 is 50.6 Å². The van der Waals surface area contributed by atoms with Crippen LogP contribution in [0.2, 0.25) is 0 Å². The third-order valence-electron chi connectivity index (χ3n) is 2.56. The molecule has 0 aliphatic carbocycles. The predicted octanol–water partition coefficient (Wildman–Crippen LogP) is 3.03. The molecule has 0 N–H and O–H groups in total. The Morgan fingerprint density at radius 1 is 1.40 bits per heavy atom. The smallest absolute Gasteiger partial charge is 0.268 e. The Kier molecular flexibility index (Phi) is 4.56. The normalized spacial score (nSPS) is 17.1. The van der Waals surface area contributed by atoms with Gasteiger partial charge in [-0.15, -0.1) is 0 Å². The molecule has 2 rings (SSSR count). The van der Waals surface area contributed by atoms with Gasteiger partial charge < -0.3 is 0 Å². The topological polar surface area (TPSA) is 80.5 Å². The van der Waals surface area contributed by atoms with Crippen molar-refractivity contribution in [2.45, 2.75) is 0 Å². The molecular weight excluding hydrogens is 348 g/mol. The Balaban J connectivity index is 2.28. The molecule has 104 valence electrons. The second kappa shape index (κ2) is 6.19. The molecule has 1 aromatic carbocycles. The number of hydrogen-bond donors (Lipinski definition) is 0. The molecule has 1 aromatic rings. The Morgan fingerprint density at radius 2 is 2.15 bits per heavy atom. The van der Waals surface area contributed by atoms with E-state index in [1.165, 1.54) is 24.3 Å². The van der Waals surface area contributed by atoms with Crippen molar-refractivity contribution in [2.24, 2.45) is 0 Å². The lowest BCUT2D eigenvalue weighted by atomic mass is 10.2. The summed E-state index contributed by atoms with van der Waals surface area (Å²) in [5, 5.41) is 10.9. The molecule has 1 saturated heterocycles. The first-order valence-electron chi connectivity index (χ1n) is 5.58. The Bertz CT molecular complexity index is 617. The van der Waals surface area contributed by atoms with Crippen LogP contribution in [0, 0.1) is 10.1 Å². The first kappa shape index (κ1) is 14.7. The lowest BCUT2D eigenvalue weighted by Gasteiger charge is -2.08. The van der Waals surface area contributed by atoms with Crippen LogP contribution in [0.3, 0.4) is 0 Å². The van der Waals surface area contributed by atoms with Crippen molar-refractivity contribution in [2.75, 3.05) is 11.9 Å². The molecule has 2 amide bonds. The lowest BCUT2D eigenvalue weighted by molar-refractivity contribution is -0.384. The number of alkyl halides is 1. The van der Waals surface area contributed by atoms with Crippen LogP contribution >= 0.6 is 27.7 Å². The average molecular weight is 357 g/mol. The van der Waals surface area contributed by atoms with Crippen LogP contribution in [0.1, 0.15) is 5.56 Å². The van der Waals surface area contributed by atoms with Crippen molar-refractivity contribution in [3.63, 3.8) is 0 Å². The maximum Gasteiger partial charge on any atom is 0.293 e. The first-order chi connectivity index (χ1) is 9.52. The highest BCUT2D eigenvalue weighted by Crippen LogP contribution is 2.32. The van der Waals surface area contributed by atoms with Gasteiger partial charge in [0.1, 0.15) is 0 Å². The van der Waals surface area contributed by atoms with Crippen LogP contribution in [-0.4, -0.2) is 32.8 Å². The zero-order valence-corrected chi connectivity index (χ0v) is 12.5. The van der Waals surface area contributed by atoms with E-state index in [4.69, 9.17) is 0 Å². The number of nitro benzene ring substituents is 1. The third kappa shape index (κ3) is 3.07. The van der Waals surface area contributed by atoms with Gasteiger partial charge >= 0.3 is 0 Å². The number of non-ortho nitro benzene ring substituents is 1. The minimum atomic E-state index is -0.506. The van der Waals surface area contributed by atoms with Crippen LogP contribution in [0.5, 0.6) is 0 Å². The van der Waals surface area contributed by atoms with E-state index in [1.54, 1.807) is 6.07 Å². The number of benzene rings is 1. The van der Waals surface area contributed by atoms with E-state index < -0.39 is 4.92 Å². The summed E-state index contributed by atoms with van der Waals surface area (Å²) in [5.74, 6) is -0.369. The predicted molar refractivity (Wildman–Crippen MR) is 79.6 cm³/mol. The van der Waals surface area contributed by atoms with Gasteiger partial charge in [-0.05, 0) is 23.4 Å². The van der Waals surface area contributed by atoms with Gasteiger partial charge in [-0.2, -0.15) is 0 Å². The maximum absolute atomic E-state index is 12.0. The molecule has 0 spiro atoms. The van der Waals surface area contributed by atoms with Crippen LogP contribution in [0.15, 0.2) is 29.2 Å². The summed E-state index contributed by atoms with van der Waals surface area (Å²) in [6.45, 7) is 0.303. The monoisotopic (exact) mass is 356 g/mol. The molecule has 8 heteroatoms. The summed E-state index contributed by atoms with van der Waals surface area (Å²) in [4.78, 5) is 35.2. The maximum atomic E-state index is 12.0. The number of thioether (sulfide) groups is 1. The van der Waals surface area contributed by atoms with Gasteiger partial charge in [0, 0.05) is 24.0 Å². The first-order valence-corrected chi connectivity index (χ1v) is 7.52. The number of carbonyl (C=O) groups is 2. The Labute approximate surface area is 127 Å². The summed E-state index contributed by atoms with van der Waals surface area (Å²) in [5.41, 5.74) is 0.460. The molecular formula is C12H9BrN2O4S. The molecule has 0 radical (unpaired) electrons. The van der Waals surface area contributed by atoms with E-state index in [1.807, 2.05) is 0 Å². The highest BCUT2D eigenvalue weighted by atomic mass is 79.9. The van der Waals surface area contributed by atoms with Crippen LogP contribution < -0.4 is 0 Å². The SMILES string of the molecule is O=C1SC(=Cc2cccc([N+](=O)[O-])c2)C(=O)N1CCBr. The van der Waals surface area contributed by atoms with E-state index in [2.05, 4.69) is 15.9 Å². The van der Waals surface area contributed by atoms with Crippen molar-refractivity contribution in [3.05, 3.63) is 44.8 Å². The lowest BCUT2D eigenvalue weighted by Crippen LogP contribution is -2.29. The number of carbonyl (C=O) groups excluding carboxylic acids is 2. The van der Waals surface area contributed by atoms with Gasteiger partial charge in [0.2, 0.25) is 0 Å². The van der Waals surface area contributed by atoms with Crippen LogP contribution in [0.4, 0.5) is 10.5 Å². The van der Waals surface area contributed by atoms with E-state index in [-0.39, 0.29) is 21.7 Å². The molecule has 0 unspecified atom stereocenters. The number of halogens is 1. The van der Waals surface area contributed by atoms with Gasteiger partial charge in [0.05, 0.1) is 9.83 Å². The number of nitrogens with zero attached hydrogens (tertiary/aromatic N) is 2. The van der Waals surface area contributed by atoms with E-state index in [9.17, 15) is 19.7 Å². The van der Waals surface area contributed by atoms with Gasteiger partial charge in [-0.25, -0.2) is 0 Å². The summed E-state index contributed by atoms with van der Waals surface area (Å²) in [6, 6.07) is 5.91. The minimum Gasteiger partial charge on any atom is -0.268 e. The second-order valence-corrected chi connectivity index (χ2v) is 5.66. The molecule has 1 aliphatic heterocycles. The van der Waals surface area contributed by atoms with Gasteiger partial charge in [-0.3, -0.25) is 24.6 Å². The van der Waals surface area contributed by atoms with E-state index in [0.717, 1.165) is 16.7 Å². The summed E-state index contributed by atoms with van der Waals surface area (Å²) < 4.78 is 0. The Hall–Kier alpha value is -1.67. The van der Waals surface area contributed by atoms with Gasteiger partial charge in [0.15, 0.2) is 0 Å². The van der Waals surface area contributed by atoms with E-state index >= 15 is 0 Å². The fourth-order valence-corrected chi connectivity index (χ4v) is 2.88. The minimum absolute atomic E-state index is 0.0570. The van der Waals surface area contributed by atoms with Gasteiger partial charge in [-0.1, -0.05) is 28.1 Å². The van der Waals surface area contributed by atoms with Crippen molar-refractivity contribution < 1.29 is 14.5 Å². The second-order valence-electron chi connectivity index (χ2n) is 3.87. The van der Waals surface area contributed by atoms with Crippen molar-refractivity contribution in [1.29, 1.82) is 0 Å². The fraction of sp³-hybridized carbons (Fsp3) is 0.167. The quantitative estimate of drug-likeness (QED) is 0.358. The number of hydrogen-bond acceptors (Lipinski definition) is 5. The zero-order chi connectivity index (χ0) is 14.7. The average Bonchev–Trinajstić information content (AvgIpc) is 2.67. The fourth-order valence-electron chi connectivity index (χ4n) is 1.66. The molecule has 1 fully saturated rings. The molecule has 20 heavy (non-hydrogen) atoms. The number of rotatable bonds is 4. The molecule has 1 heterocycles. The number of nitro groups is 1. The molecule has 0 atom stereocenters. The summed E-state index contributed by atoms with van der Waals surface area (Å²) in [7, 11) is 0. The van der Waals surface area contributed by atoms with Crippen molar-refractivity contribution in [3.8, 4) is 0 Å². The molecule has 0 bridgehead atoms. The van der Waals surface area contributed by atoms with Gasteiger partial charge in [0.25, 0.3) is 16.8 Å². The van der Waals surface area contributed by atoms with Crippen LogP contribution in [-0.2, 0) is 4.79 Å². The van der Waals surface area contributed by atoms with Crippen molar-refractivity contribution in [1.82, 2.24) is 4.90 Å². The largest absolute Gasteiger partial charge is 0.293 e. The van der Waals surface area contributed by atoms with Crippen LogP contribution in [0.25, 0.3) is 6.08 Å². The Morgan fingerprint density at radius 3 is 2.80 bits per heavy atom. The molecule has 1 aliphatic rings. The molecule has 6 nitrogen and oxygen atoms in total. The molecule has 0 saturated carbocycles. The highest BCUT2D eigenvalue weighted by molar-refractivity contribution is 9.09.